The Hall–Kier alpha value is -3.07. The first kappa shape index (κ1) is 32.9. The van der Waals surface area contributed by atoms with E-state index in [0.29, 0.717) is 51.4 Å². The van der Waals surface area contributed by atoms with E-state index in [0.717, 1.165) is 67.7 Å². The predicted molar refractivity (Wildman–Crippen MR) is 186 cm³/mol. The van der Waals surface area contributed by atoms with Crippen LogP contribution in [0.3, 0.4) is 0 Å². The molecule has 2 fully saturated rings. The summed E-state index contributed by atoms with van der Waals surface area (Å²) >= 11 is 18.3. The van der Waals surface area contributed by atoms with E-state index in [1.54, 1.807) is 24.3 Å². The Bertz CT molecular complexity index is 1710. The second-order valence-corrected chi connectivity index (χ2v) is 13.8. The van der Waals surface area contributed by atoms with Crippen LogP contribution >= 0.6 is 34.8 Å². The van der Waals surface area contributed by atoms with Crippen molar-refractivity contribution in [3.05, 3.63) is 98.6 Å². The third kappa shape index (κ3) is 7.40. The molecule has 2 bridgehead atoms. The number of ether oxygens (including phenoxy) is 1. The minimum atomic E-state index is -0.154. The van der Waals surface area contributed by atoms with E-state index < -0.39 is 0 Å². The van der Waals surface area contributed by atoms with Gasteiger partial charge < -0.3 is 14.6 Å². The highest BCUT2D eigenvalue weighted by Crippen LogP contribution is 2.33. The molecule has 2 atom stereocenters. The molecule has 7 nitrogen and oxygen atoms in total. The fourth-order valence-corrected chi connectivity index (χ4v) is 7.33. The lowest BCUT2D eigenvalue weighted by Gasteiger charge is -2.41. The molecule has 242 valence electrons. The largest absolute Gasteiger partial charge is 0.489 e. The molecule has 2 unspecified atom stereocenters. The third-order valence-corrected chi connectivity index (χ3v) is 9.95. The second-order valence-electron chi connectivity index (χ2n) is 12.6. The average molecular weight is 682 g/mol. The highest BCUT2D eigenvalue weighted by Gasteiger charge is 2.39. The van der Waals surface area contributed by atoms with E-state index in [9.17, 15) is 9.59 Å². The smallest absolute Gasteiger partial charge is 0.253 e. The SMILES string of the molecule is CC(C)Oc1cccc2c(C(=O)NCc3ccc(Cl)c(Cl)c3)cn(CCCN3C4CCC3CN(CC(=O)c3ccc(Cl)cc3)C4)c12. The van der Waals surface area contributed by atoms with Crippen LogP contribution in [0.15, 0.2) is 66.9 Å². The standard InChI is InChI=1S/C36H39Cl3N4O3/c1-23(2)46-34-6-3-5-29-30(36(45)40-18-24-7-14-31(38)32(39)17-24)21-42(35(29)34)15-4-16-43-27-12-13-28(43)20-41(19-27)22-33(44)25-8-10-26(37)11-9-25/h3,5-11,14,17,21,23,27-28H,4,12-13,15-16,18-20,22H2,1-2H3,(H,40,45). The molecule has 3 aromatic carbocycles. The Kier molecular flexibility index (Phi) is 10.3. The molecule has 0 aliphatic carbocycles. The number of carbonyl (C=O) groups excluding carboxylic acids is 2. The van der Waals surface area contributed by atoms with E-state index in [4.69, 9.17) is 39.5 Å². The number of piperazine rings is 1. The van der Waals surface area contributed by atoms with Gasteiger partial charge in [-0.1, -0.05) is 53.0 Å². The number of ketones is 1. The van der Waals surface area contributed by atoms with Crippen molar-refractivity contribution in [3.63, 3.8) is 0 Å². The Morgan fingerprint density at radius 3 is 2.37 bits per heavy atom. The Balaban J connectivity index is 1.12. The Morgan fingerprint density at radius 2 is 1.67 bits per heavy atom. The van der Waals surface area contributed by atoms with Crippen molar-refractivity contribution in [2.24, 2.45) is 0 Å². The van der Waals surface area contributed by atoms with Crippen LogP contribution in [0, 0.1) is 0 Å². The van der Waals surface area contributed by atoms with Crippen molar-refractivity contribution in [2.45, 2.75) is 64.4 Å². The molecule has 6 rings (SSSR count). The minimum absolute atomic E-state index is 0.000580. The highest BCUT2D eigenvalue weighted by atomic mass is 35.5. The normalized spacial score (nSPS) is 18.4. The highest BCUT2D eigenvalue weighted by molar-refractivity contribution is 6.42. The summed E-state index contributed by atoms with van der Waals surface area (Å²) in [6.45, 7) is 8.31. The van der Waals surface area contributed by atoms with Gasteiger partial charge in [0.15, 0.2) is 5.78 Å². The molecule has 2 saturated heterocycles. The number of hydrogen-bond donors (Lipinski definition) is 1. The molecular formula is C36H39Cl3N4O3. The van der Waals surface area contributed by atoms with E-state index in [-0.39, 0.29) is 17.8 Å². The van der Waals surface area contributed by atoms with Crippen molar-refractivity contribution in [1.82, 2.24) is 19.7 Å². The molecule has 4 aromatic rings. The average Bonchev–Trinajstić information content (AvgIpc) is 3.51. The molecule has 1 amide bonds. The number of rotatable bonds is 12. The maximum absolute atomic E-state index is 13.5. The van der Waals surface area contributed by atoms with Gasteiger partial charge in [-0.15, -0.1) is 0 Å². The van der Waals surface area contributed by atoms with Crippen LogP contribution in [0.2, 0.25) is 15.1 Å². The van der Waals surface area contributed by atoms with Crippen LogP contribution in [-0.4, -0.2) is 70.4 Å². The fourth-order valence-electron chi connectivity index (χ4n) is 6.88. The van der Waals surface area contributed by atoms with Crippen LogP contribution in [0.25, 0.3) is 10.9 Å². The maximum atomic E-state index is 13.5. The number of nitrogens with one attached hydrogen (secondary N) is 1. The number of fused-ring (bicyclic) bond motifs is 3. The monoisotopic (exact) mass is 680 g/mol. The number of amides is 1. The summed E-state index contributed by atoms with van der Waals surface area (Å²) in [5.74, 6) is 0.758. The first-order chi connectivity index (χ1) is 22.2. The predicted octanol–water partition coefficient (Wildman–Crippen LogP) is 7.74. The molecule has 1 N–H and O–H groups in total. The number of benzene rings is 3. The van der Waals surface area contributed by atoms with E-state index in [2.05, 4.69) is 19.7 Å². The zero-order valence-electron chi connectivity index (χ0n) is 26.1. The molecule has 46 heavy (non-hydrogen) atoms. The Labute approximate surface area is 285 Å². The molecule has 0 spiro atoms. The number of hydrogen-bond acceptors (Lipinski definition) is 5. The molecule has 2 aliphatic rings. The van der Waals surface area contributed by atoms with Crippen molar-refractivity contribution in [2.75, 3.05) is 26.2 Å². The molecule has 3 heterocycles. The number of aromatic nitrogens is 1. The van der Waals surface area contributed by atoms with Gasteiger partial charge in [-0.05, 0) is 81.1 Å². The topological polar surface area (TPSA) is 66.8 Å². The number of aryl methyl sites for hydroxylation is 1. The van der Waals surface area contributed by atoms with Crippen LogP contribution in [-0.2, 0) is 13.1 Å². The first-order valence-electron chi connectivity index (χ1n) is 15.9. The van der Waals surface area contributed by atoms with E-state index in [1.807, 2.05) is 56.4 Å². The van der Waals surface area contributed by atoms with Gasteiger partial charge in [0.05, 0.1) is 33.8 Å². The van der Waals surface area contributed by atoms with E-state index in [1.165, 1.54) is 0 Å². The van der Waals surface area contributed by atoms with Gasteiger partial charge in [0.2, 0.25) is 0 Å². The summed E-state index contributed by atoms with van der Waals surface area (Å²) in [5.41, 5.74) is 3.13. The number of likely N-dealkylation sites (tertiary alicyclic amines) is 1. The zero-order valence-corrected chi connectivity index (χ0v) is 28.4. The van der Waals surface area contributed by atoms with Crippen LogP contribution in [0.5, 0.6) is 5.75 Å². The quantitative estimate of drug-likeness (QED) is 0.155. The summed E-state index contributed by atoms with van der Waals surface area (Å²) < 4.78 is 8.38. The Morgan fingerprint density at radius 1 is 0.935 bits per heavy atom. The van der Waals surface area contributed by atoms with Crippen LogP contribution < -0.4 is 10.1 Å². The number of para-hydroxylation sites is 1. The lowest BCUT2D eigenvalue weighted by atomic mass is 10.1. The fraction of sp³-hybridized carbons (Fsp3) is 0.389. The van der Waals surface area contributed by atoms with Gasteiger partial charge in [0.25, 0.3) is 5.91 Å². The van der Waals surface area contributed by atoms with Crippen molar-refractivity contribution in [3.8, 4) is 5.75 Å². The summed E-state index contributed by atoms with van der Waals surface area (Å²) in [4.78, 5) is 31.3. The van der Waals surface area contributed by atoms with Gasteiger partial charge >= 0.3 is 0 Å². The van der Waals surface area contributed by atoms with Gasteiger partial charge in [-0.2, -0.15) is 0 Å². The van der Waals surface area contributed by atoms with Gasteiger partial charge in [0.1, 0.15) is 5.75 Å². The second kappa shape index (κ2) is 14.4. The molecular weight excluding hydrogens is 643 g/mol. The molecule has 0 radical (unpaired) electrons. The number of halogens is 3. The van der Waals surface area contributed by atoms with Crippen molar-refractivity contribution < 1.29 is 14.3 Å². The number of nitrogens with zero attached hydrogens (tertiary/aromatic N) is 3. The lowest BCUT2D eigenvalue weighted by Crippen LogP contribution is -2.54. The van der Waals surface area contributed by atoms with Crippen LogP contribution in [0.4, 0.5) is 0 Å². The van der Waals surface area contributed by atoms with Crippen molar-refractivity contribution in [1.29, 1.82) is 0 Å². The zero-order chi connectivity index (χ0) is 32.4. The van der Waals surface area contributed by atoms with Crippen LogP contribution in [0.1, 0.15) is 59.4 Å². The van der Waals surface area contributed by atoms with Gasteiger partial charge in [-0.25, -0.2) is 0 Å². The minimum Gasteiger partial charge on any atom is -0.489 e. The number of Topliss-reactive ketones (excluding diaryl/α,β-unsaturated/α-hetero) is 1. The summed E-state index contributed by atoms with van der Waals surface area (Å²) in [6.07, 6.45) is 5.19. The molecule has 2 aliphatic heterocycles. The number of carbonyl (C=O) groups is 2. The summed E-state index contributed by atoms with van der Waals surface area (Å²) in [6, 6.07) is 19.3. The first-order valence-corrected chi connectivity index (χ1v) is 17.1. The molecule has 1 aromatic heterocycles. The third-order valence-electron chi connectivity index (χ3n) is 8.96. The molecule has 0 saturated carbocycles. The maximum Gasteiger partial charge on any atom is 0.253 e. The molecule has 10 heteroatoms. The van der Waals surface area contributed by atoms with Gasteiger partial charge in [-0.3, -0.25) is 19.4 Å². The van der Waals surface area contributed by atoms with Gasteiger partial charge in [0, 0.05) is 67.0 Å². The van der Waals surface area contributed by atoms with E-state index >= 15 is 0 Å². The summed E-state index contributed by atoms with van der Waals surface area (Å²) in [5, 5.41) is 5.49. The van der Waals surface area contributed by atoms with Crippen molar-refractivity contribution >= 4 is 57.4 Å². The summed E-state index contributed by atoms with van der Waals surface area (Å²) in [7, 11) is 0. The lowest BCUT2D eigenvalue weighted by molar-refractivity contribution is 0.0588.